The van der Waals surface area contributed by atoms with Crippen molar-refractivity contribution in [2.24, 2.45) is 0 Å². The molecular weight excluding hydrogens is 368 g/mol. The third kappa shape index (κ3) is 5.25. The van der Waals surface area contributed by atoms with Gasteiger partial charge in [-0.1, -0.05) is 25.1 Å². The molecule has 0 saturated carbocycles. The number of hydrogen-bond acceptors (Lipinski definition) is 4. The van der Waals surface area contributed by atoms with Crippen LogP contribution in [-0.2, 0) is 14.8 Å². The van der Waals surface area contributed by atoms with Gasteiger partial charge in [0.2, 0.25) is 5.91 Å². The number of thioether (sulfide) groups is 1. The average molecular weight is 393 g/mol. The third-order valence-corrected chi connectivity index (χ3v) is 6.80. The van der Waals surface area contributed by atoms with Gasteiger partial charge in [-0.25, -0.2) is 8.42 Å². The van der Waals surface area contributed by atoms with Gasteiger partial charge in [0.05, 0.1) is 16.3 Å². The number of nitrogens with zero attached hydrogens (tertiary/aromatic N) is 1. The minimum absolute atomic E-state index is 0.0233. The minimum Gasteiger partial charge on any atom is -0.353 e. The van der Waals surface area contributed by atoms with Crippen LogP contribution in [0.2, 0.25) is 0 Å². The smallest absolute Gasteiger partial charge is 0.264 e. The first-order valence-corrected chi connectivity index (χ1v) is 10.8. The molecule has 0 bridgehead atoms. The summed E-state index contributed by atoms with van der Waals surface area (Å²) in [7, 11) is -2.08. The molecule has 26 heavy (non-hydrogen) atoms. The fraction of sp³-hybridized carbons (Fsp3) is 0.316. The molecule has 140 valence electrons. The highest BCUT2D eigenvalue weighted by Crippen LogP contribution is 2.24. The fourth-order valence-electron chi connectivity index (χ4n) is 2.21. The molecule has 0 unspecified atom stereocenters. The number of sulfonamides is 1. The van der Waals surface area contributed by atoms with E-state index in [4.69, 9.17) is 0 Å². The first kappa shape index (κ1) is 20.3. The number of carbonyl (C=O) groups is 1. The van der Waals surface area contributed by atoms with Crippen LogP contribution in [0.1, 0.15) is 20.3 Å². The van der Waals surface area contributed by atoms with Gasteiger partial charge in [0, 0.05) is 18.0 Å². The topological polar surface area (TPSA) is 66.5 Å². The van der Waals surface area contributed by atoms with E-state index in [-0.39, 0.29) is 16.8 Å². The van der Waals surface area contributed by atoms with Gasteiger partial charge in [-0.15, -0.1) is 11.8 Å². The lowest BCUT2D eigenvalue weighted by molar-refractivity contribution is -0.119. The van der Waals surface area contributed by atoms with Crippen LogP contribution in [0.25, 0.3) is 0 Å². The molecule has 0 aliphatic heterocycles. The Kier molecular flexibility index (Phi) is 7.11. The Hall–Kier alpha value is -1.99. The molecule has 0 spiro atoms. The lowest BCUT2D eigenvalue weighted by Crippen LogP contribution is -2.33. The summed E-state index contributed by atoms with van der Waals surface area (Å²) in [6.07, 6.45) is 0.887. The van der Waals surface area contributed by atoms with E-state index in [1.165, 1.54) is 23.1 Å². The summed E-state index contributed by atoms with van der Waals surface area (Å²) in [6, 6.07) is 15.7. The Morgan fingerprint density at radius 1 is 1.12 bits per heavy atom. The van der Waals surface area contributed by atoms with Gasteiger partial charge in [0.25, 0.3) is 10.0 Å². The monoisotopic (exact) mass is 392 g/mol. The molecule has 5 nitrogen and oxygen atoms in total. The highest BCUT2D eigenvalue weighted by atomic mass is 32.2. The van der Waals surface area contributed by atoms with Crippen LogP contribution in [0.5, 0.6) is 0 Å². The molecule has 0 aliphatic carbocycles. The predicted octanol–water partition coefficient (Wildman–Crippen LogP) is 3.52. The maximum Gasteiger partial charge on any atom is 0.264 e. The maximum absolute atomic E-state index is 12.7. The molecule has 2 aromatic rings. The summed E-state index contributed by atoms with van der Waals surface area (Å²) in [5, 5.41) is 2.91. The molecule has 0 aromatic heterocycles. The minimum atomic E-state index is -3.61. The summed E-state index contributed by atoms with van der Waals surface area (Å²) in [4.78, 5) is 12.9. The molecule has 0 heterocycles. The molecule has 7 heteroatoms. The molecular formula is C19H24N2O3S2. The molecule has 0 radical (unpaired) electrons. The molecule has 0 aliphatic rings. The number of hydrogen-bond donors (Lipinski definition) is 1. The van der Waals surface area contributed by atoms with Gasteiger partial charge in [0.1, 0.15) is 0 Å². The molecule has 1 amide bonds. The van der Waals surface area contributed by atoms with E-state index in [0.29, 0.717) is 11.4 Å². The summed E-state index contributed by atoms with van der Waals surface area (Å²) < 4.78 is 26.7. The van der Waals surface area contributed by atoms with Crippen molar-refractivity contribution in [3.05, 3.63) is 54.6 Å². The number of anilines is 1. The zero-order valence-electron chi connectivity index (χ0n) is 15.2. The van der Waals surface area contributed by atoms with Gasteiger partial charge in [-0.2, -0.15) is 0 Å². The molecule has 1 atom stereocenters. The van der Waals surface area contributed by atoms with Crippen molar-refractivity contribution in [1.82, 2.24) is 5.32 Å². The van der Waals surface area contributed by atoms with Crippen molar-refractivity contribution in [3.8, 4) is 0 Å². The van der Waals surface area contributed by atoms with Crippen molar-refractivity contribution in [3.63, 3.8) is 0 Å². The predicted molar refractivity (Wildman–Crippen MR) is 107 cm³/mol. The van der Waals surface area contributed by atoms with Crippen LogP contribution >= 0.6 is 11.8 Å². The van der Waals surface area contributed by atoms with E-state index >= 15 is 0 Å². The van der Waals surface area contributed by atoms with Gasteiger partial charge < -0.3 is 5.32 Å². The average Bonchev–Trinajstić information content (AvgIpc) is 2.66. The van der Waals surface area contributed by atoms with Gasteiger partial charge >= 0.3 is 0 Å². The van der Waals surface area contributed by atoms with Crippen molar-refractivity contribution < 1.29 is 13.2 Å². The largest absolute Gasteiger partial charge is 0.353 e. The third-order valence-electron chi connectivity index (χ3n) is 3.99. The maximum atomic E-state index is 12.7. The van der Waals surface area contributed by atoms with Crippen molar-refractivity contribution in [2.45, 2.75) is 36.1 Å². The van der Waals surface area contributed by atoms with Crippen LogP contribution in [0.4, 0.5) is 5.69 Å². The Bertz CT molecular complexity index is 822. The van der Waals surface area contributed by atoms with E-state index in [2.05, 4.69) is 5.32 Å². The number of carbonyl (C=O) groups excluding carboxylic acids is 1. The number of amides is 1. The number of rotatable bonds is 8. The molecule has 0 saturated heterocycles. The Morgan fingerprint density at radius 2 is 1.73 bits per heavy atom. The van der Waals surface area contributed by atoms with Gasteiger partial charge in [-0.3, -0.25) is 9.10 Å². The fourth-order valence-corrected chi connectivity index (χ4v) is 4.12. The van der Waals surface area contributed by atoms with E-state index in [9.17, 15) is 13.2 Å². The van der Waals surface area contributed by atoms with Crippen LogP contribution in [0.15, 0.2) is 64.4 Å². The quantitative estimate of drug-likeness (QED) is 0.698. The second-order valence-corrected chi connectivity index (χ2v) is 8.96. The van der Waals surface area contributed by atoms with E-state index in [0.717, 1.165) is 11.3 Å². The first-order valence-electron chi connectivity index (χ1n) is 8.40. The number of para-hydroxylation sites is 1. The van der Waals surface area contributed by atoms with Crippen molar-refractivity contribution >= 4 is 33.4 Å². The second-order valence-electron chi connectivity index (χ2n) is 5.94. The lowest BCUT2D eigenvalue weighted by Gasteiger charge is -2.19. The van der Waals surface area contributed by atoms with Crippen LogP contribution in [-0.4, -0.2) is 33.2 Å². The summed E-state index contributed by atoms with van der Waals surface area (Å²) in [5.41, 5.74) is 0.604. The van der Waals surface area contributed by atoms with Gasteiger partial charge in [0.15, 0.2) is 0 Å². The van der Waals surface area contributed by atoms with Crippen LogP contribution < -0.4 is 9.62 Å². The molecule has 0 fully saturated rings. The second kappa shape index (κ2) is 9.09. The van der Waals surface area contributed by atoms with Crippen molar-refractivity contribution in [2.75, 3.05) is 17.1 Å². The van der Waals surface area contributed by atoms with E-state index in [1.54, 1.807) is 48.5 Å². The van der Waals surface area contributed by atoms with Crippen LogP contribution in [0, 0.1) is 0 Å². The zero-order chi connectivity index (χ0) is 19.2. The van der Waals surface area contributed by atoms with E-state index in [1.807, 2.05) is 19.9 Å². The normalized spacial score (nSPS) is 12.4. The summed E-state index contributed by atoms with van der Waals surface area (Å²) >= 11 is 1.38. The standard InChI is InChI=1S/C19H24N2O3S2/c1-4-15(2)20-19(22)14-25-17-10-12-18(13-11-17)26(23,24)21(3)16-8-6-5-7-9-16/h5-13,15H,4,14H2,1-3H3,(H,20,22)/t15-/m1/s1. The highest BCUT2D eigenvalue weighted by Gasteiger charge is 2.21. The molecule has 1 N–H and O–H groups in total. The van der Waals surface area contributed by atoms with Crippen LogP contribution in [0.3, 0.4) is 0 Å². The van der Waals surface area contributed by atoms with E-state index < -0.39 is 10.0 Å². The molecule has 2 rings (SSSR count). The summed E-state index contributed by atoms with van der Waals surface area (Å²) in [5.74, 6) is 0.283. The lowest BCUT2D eigenvalue weighted by atomic mass is 10.3. The number of benzene rings is 2. The summed E-state index contributed by atoms with van der Waals surface area (Å²) in [6.45, 7) is 3.98. The Morgan fingerprint density at radius 3 is 2.31 bits per heavy atom. The van der Waals surface area contributed by atoms with Gasteiger partial charge in [-0.05, 0) is 49.7 Å². The zero-order valence-corrected chi connectivity index (χ0v) is 16.8. The Labute approximate surface area is 159 Å². The number of nitrogens with one attached hydrogen (secondary N) is 1. The van der Waals surface area contributed by atoms with Crippen molar-refractivity contribution in [1.29, 1.82) is 0 Å². The Balaban J connectivity index is 2.03. The highest BCUT2D eigenvalue weighted by molar-refractivity contribution is 8.00. The SMILES string of the molecule is CC[C@@H](C)NC(=O)CSc1ccc(S(=O)(=O)N(C)c2ccccc2)cc1. The first-order chi connectivity index (χ1) is 12.3. The molecule has 2 aromatic carbocycles.